The van der Waals surface area contributed by atoms with Crippen LogP contribution < -0.4 is 0 Å². The summed E-state index contributed by atoms with van der Waals surface area (Å²) < 4.78 is 0. The number of hydrogen-bond donors (Lipinski definition) is 1. The molecule has 1 aromatic heterocycles. The average Bonchev–Trinajstić information content (AvgIpc) is 2.65. The summed E-state index contributed by atoms with van der Waals surface area (Å²) in [6.07, 6.45) is 1.63. The second-order valence-corrected chi connectivity index (χ2v) is 3.42. The summed E-state index contributed by atoms with van der Waals surface area (Å²) in [5.41, 5.74) is 2.46. The lowest BCUT2D eigenvalue weighted by molar-refractivity contribution is 0.355. The molecule has 0 aliphatic rings. The Morgan fingerprint density at radius 1 is 1.36 bits per heavy atom. The second-order valence-electron chi connectivity index (χ2n) is 3.04. The lowest BCUT2D eigenvalue weighted by atomic mass is 10.1. The van der Waals surface area contributed by atoms with Gasteiger partial charge in [0.1, 0.15) is 0 Å². The molecule has 0 saturated carbocycles. The molecule has 0 aliphatic heterocycles. The van der Waals surface area contributed by atoms with Crippen molar-refractivity contribution in [2.75, 3.05) is 0 Å². The number of aromatic amines is 1. The van der Waals surface area contributed by atoms with Crippen molar-refractivity contribution in [2.24, 2.45) is 0 Å². The van der Waals surface area contributed by atoms with E-state index in [1.165, 1.54) is 6.07 Å². The number of nitrogens with one attached hydrogen (secondary N) is 1. The Labute approximate surface area is 86.3 Å². The highest BCUT2D eigenvalue weighted by Gasteiger charge is 2.12. The summed E-state index contributed by atoms with van der Waals surface area (Å²) in [5.74, 6) is -0.165. The van der Waals surface area contributed by atoms with Gasteiger partial charge in [0, 0.05) is 11.8 Å². The molecule has 1 aromatic carbocycles. The van der Waals surface area contributed by atoms with Crippen molar-refractivity contribution < 1.29 is 5.11 Å². The van der Waals surface area contributed by atoms with Gasteiger partial charge in [0.15, 0.2) is 5.75 Å². The third kappa shape index (κ3) is 1.36. The van der Waals surface area contributed by atoms with E-state index in [1.54, 1.807) is 18.3 Å². The molecule has 2 rings (SSSR count). The number of nitrogens with zero attached hydrogens (tertiary/aromatic N) is 1. The molecule has 0 spiro atoms. The summed E-state index contributed by atoms with van der Waals surface area (Å²) >= 11 is 5.93. The molecule has 1 radical (unpaired) electrons. The number of rotatable bonds is 1. The van der Waals surface area contributed by atoms with E-state index in [0.717, 1.165) is 16.8 Å². The van der Waals surface area contributed by atoms with Crippen LogP contribution in [0, 0.1) is 6.92 Å². The van der Waals surface area contributed by atoms with E-state index in [4.69, 9.17) is 11.6 Å². The van der Waals surface area contributed by atoms with Crippen molar-refractivity contribution in [3.05, 3.63) is 35.0 Å². The maximum absolute atomic E-state index is 11.3. The predicted molar refractivity (Wildman–Crippen MR) is 53.9 cm³/mol. The van der Waals surface area contributed by atoms with Crippen molar-refractivity contribution >= 4 is 11.6 Å². The number of aromatic nitrogens is 2. The van der Waals surface area contributed by atoms with Gasteiger partial charge < -0.3 is 0 Å². The summed E-state index contributed by atoms with van der Waals surface area (Å²) in [7, 11) is 0. The molecule has 0 amide bonds. The molecule has 0 saturated heterocycles. The van der Waals surface area contributed by atoms with Crippen LogP contribution in [0.5, 0.6) is 5.75 Å². The first-order chi connectivity index (χ1) is 6.70. The fraction of sp³-hybridized carbons (Fsp3) is 0.100. The van der Waals surface area contributed by atoms with Crippen LogP contribution in [0.2, 0.25) is 5.02 Å². The lowest BCUT2D eigenvalue weighted by Crippen LogP contribution is -1.85. The van der Waals surface area contributed by atoms with E-state index >= 15 is 0 Å². The third-order valence-corrected chi connectivity index (χ3v) is 2.46. The summed E-state index contributed by atoms with van der Waals surface area (Å²) in [6.45, 7) is 1.90. The minimum Gasteiger partial charge on any atom is -0.288 e. The maximum Gasteiger partial charge on any atom is 0.197 e. The summed E-state index contributed by atoms with van der Waals surface area (Å²) in [6, 6.07) is 5.01. The Bertz CT molecular complexity index is 451. The van der Waals surface area contributed by atoms with E-state index in [1.807, 2.05) is 6.92 Å². The summed E-state index contributed by atoms with van der Waals surface area (Å²) in [5, 5.41) is 18.2. The van der Waals surface area contributed by atoms with Gasteiger partial charge >= 0.3 is 0 Å². The first kappa shape index (κ1) is 9.09. The molecule has 0 atom stereocenters. The zero-order chi connectivity index (χ0) is 10.1. The molecule has 0 unspecified atom stereocenters. The molecule has 1 heterocycles. The number of H-pyrrole nitrogens is 1. The molecule has 0 aliphatic carbocycles. The quantitative estimate of drug-likeness (QED) is 0.767. The fourth-order valence-corrected chi connectivity index (χ4v) is 1.69. The zero-order valence-corrected chi connectivity index (χ0v) is 8.30. The monoisotopic (exact) mass is 207 g/mol. The molecule has 71 valence electrons. The van der Waals surface area contributed by atoms with Gasteiger partial charge in [-0.2, -0.15) is 5.10 Å². The predicted octanol–water partition coefficient (Wildman–Crippen LogP) is 3.18. The van der Waals surface area contributed by atoms with E-state index in [2.05, 4.69) is 10.2 Å². The molecule has 14 heavy (non-hydrogen) atoms. The molecule has 1 N–H and O–H groups in total. The van der Waals surface area contributed by atoms with Crippen molar-refractivity contribution in [3.63, 3.8) is 0 Å². The second kappa shape index (κ2) is 3.35. The Kier molecular flexibility index (Phi) is 2.17. The lowest BCUT2D eigenvalue weighted by Gasteiger charge is -2.05. The van der Waals surface area contributed by atoms with Gasteiger partial charge in [0.2, 0.25) is 0 Å². The minimum absolute atomic E-state index is 0.165. The van der Waals surface area contributed by atoms with Gasteiger partial charge in [0.25, 0.3) is 0 Å². The third-order valence-electron chi connectivity index (χ3n) is 2.08. The van der Waals surface area contributed by atoms with Crippen molar-refractivity contribution in [1.29, 1.82) is 0 Å². The topological polar surface area (TPSA) is 48.6 Å². The highest BCUT2D eigenvalue weighted by atomic mass is 35.5. The smallest absolute Gasteiger partial charge is 0.197 e. The highest BCUT2D eigenvalue weighted by molar-refractivity contribution is 6.34. The number of benzene rings is 1. The van der Waals surface area contributed by atoms with Crippen molar-refractivity contribution in [3.8, 4) is 17.0 Å². The van der Waals surface area contributed by atoms with E-state index in [-0.39, 0.29) is 10.8 Å². The van der Waals surface area contributed by atoms with Gasteiger partial charge in [-0.05, 0) is 24.6 Å². The van der Waals surface area contributed by atoms with E-state index in [0.29, 0.717) is 0 Å². The van der Waals surface area contributed by atoms with Crippen molar-refractivity contribution in [2.45, 2.75) is 6.92 Å². The summed E-state index contributed by atoms with van der Waals surface area (Å²) in [4.78, 5) is 0. The van der Waals surface area contributed by atoms with Crippen LogP contribution in [0.25, 0.3) is 11.3 Å². The Morgan fingerprint density at radius 3 is 2.79 bits per heavy atom. The normalized spacial score (nSPS) is 10.4. The van der Waals surface area contributed by atoms with Crippen LogP contribution >= 0.6 is 11.6 Å². The number of halogens is 1. The Hall–Kier alpha value is -1.48. The van der Waals surface area contributed by atoms with Crippen LogP contribution in [0.15, 0.2) is 24.4 Å². The van der Waals surface area contributed by atoms with E-state index < -0.39 is 0 Å². The Morgan fingerprint density at radius 2 is 2.14 bits per heavy atom. The van der Waals surface area contributed by atoms with Gasteiger partial charge in [-0.15, -0.1) is 0 Å². The van der Waals surface area contributed by atoms with Crippen LogP contribution in [0.3, 0.4) is 0 Å². The zero-order valence-electron chi connectivity index (χ0n) is 7.54. The minimum atomic E-state index is -0.165. The van der Waals surface area contributed by atoms with Crippen molar-refractivity contribution in [1.82, 2.24) is 10.2 Å². The molecular weight excluding hydrogens is 200 g/mol. The van der Waals surface area contributed by atoms with Crippen LogP contribution in [0.1, 0.15) is 5.56 Å². The van der Waals surface area contributed by atoms with Gasteiger partial charge in [-0.1, -0.05) is 17.7 Å². The van der Waals surface area contributed by atoms with E-state index in [9.17, 15) is 5.11 Å². The highest BCUT2D eigenvalue weighted by Crippen LogP contribution is 2.36. The molecule has 4 heteroatoms. The fourth-order valence-electron chi connectivity index (χ4n) is 1.38. The standard InChI is InChI=1S/C10H8ClN2O/c1-6-2-3-8(14)10(11)9(6)7-4-5-12-13-7/h2-5H,1H3,(H,12,13). The average molecular weight is 208 g/mol. The molecule has 3 nitrogen and oxygen atoms in total. The maximum atomic E-state index is 11.3. The first-order valence-electron chi connectivity index (χ1n) is 4.16. The Balaban J connectivity index is 2.69. The van der Waals surface area contributed by atoms with Crippen LogP contribution in [0.4, 0.5) is 0 Å². The number of hydrogen-bond acceptors (Lipinski definition) is 1. The number of aryl methyl sites for hydroxylation is 1. The van der Waals surface area contributed by atoms with Gasteiger partial charge in [-0.3, -0.25) is 10.2 Å². The SMILES string of the molecule is Cc1ccc([O])c(Cl)c1-c1ccn[nH]1. The van der Waals surface area contributed by atoms with Crippen LogP contribution in [-0.4, -0.2) is 10.2 Å². The molecule has 0 fully saturated rings. The van der Waals surface area contributed by atoms with Gasteiger partial charge in [-0.25, -0.2) is 0 Å². The molecule has 0 bridgehead atoms. The molecule has 2 aromatic rings. The molecular formula is C10H8ClN2O. The first-order valence-corrected chi connectivity index (χ1v) is 4.54. The van der Waals surface area contributed by atoms with Crippen LogP contribution in [-0.2, 0) is 5.11 Å². The van der Waals surface area contributed by atoms with Gasteiger partial charge in [0.05, 0.1) is 10.7 Å². The largest absolute Gasteiger partial charge is 0.288 e.